The second kappa shape index (κ2) is 5.67. The van der Waals surface area contributed by atoms with Gasteiger partial charge in [-0.3, -0.25) is 0 Å². The molecule has 1 aliphatic heterocycles. The van der Waals surface area contributed by atoms with Crippen molar-refractivity contribution in [3.8, 4) is 5.75 Å². The zero-order valence-corrected chi connectivity index (χ0v) is 12.0. The fourth-order valence-corrected chi connectivity index (χ4v) is 2.72. The van der Waals surface area contributed by atoms with Crippen LogP contribution in [-0.4, -0.2) is 16.2 Å². The largest absolute Gasteiger partial charge is 0.493 e. The maximum atomic E-state index is 5.70. The highest BCUT2D eigenvalue weighted by Crippen LogP contribution is 2.31. The van der Waals surface area contributed by atoms with Crippen LogP contribution in [0.2, 0.25) is 0 Å². The van der Waals surface area contributed by atoms with E-state index < -0.39 is 0 Å². The zero-order valence-electron chi connectivity index (χ0n) is 12.0. The van der Waals surface area contributed by atoms with Crippen molar-refractivity contribution in [1.29, 1.82) is 0 Å². The van der Waals surface area contributed by atoms with Crippen LogP contribution in [0.25, 0.3) is 0 Å². The summed E-state index contributed by atoms with van der Waals surface area (Å²) in [7, 11) is 0. The van der Waals surface area contributed by atoms with Crippen LogP contribution in [0.3, 0.4) is 0 Å². The lowest BCUT2D eigenvalue weighted by atomic mass is 10.0. The number of fused-ring (bicyclic) bond motifs is 1. The molecule has 0 bridgehead atoms. The number of nitrogens with zero attached hydrogens (tertiary/aromatic N) is 2. The Kier molecular flexibility index (Phi) is 3.74. The van der Waals surface area contributed by atoms with Crippen molar-refractivity contribution in [3.63, 3.8) is 0 Å². The van der Waals surface area contributed by atoms with Gasteiger partial charge in [-0.1, -0.05) is 18.2 Å². The zero-order chi connectivity index (χ0) is 13.9. The van der Waals surface area contributed by atoms with Crippen LogP contribution >= 0.6 is 0 Å². The predicted molar refractivity (Wildman–Crippen MR) is 78.7 cm³/mol. The summed E-state index contributed by atoms with van der Waals surface area (Å²) < 4.78 is 7.90. The molecule has 4 heteroatoms. The molecule has 0 aliphatic carbocycles. The number of aromatic nitrogens is 2. The first-order valence-corrected chi connectivity index (χ1v) is 7.21. The standard InChI is InChI=1S/C16H21N3O/c1-12(2)19-11-17-9-13(19)10-18-15-7-8-20-16-6-4-3-5-14(15)16/h3-6,9,11-12,15,18H,7-8,10H2,1-2H3. The summed E-state index contributed by atoms with van der Waals surface area (Å²) in [6.45, 7) is 5.96. The van der Waals surface area contributed by atoms with Crippen molar-refractivity contribution in [2.24, 2.45) is 0 Å². The molecule has 1 aromatic carbocycles. The third-order valence-corrected chi connectivity index (χ3v) is 3.79. The van der Waals surface area contributed by atoms with Gasteiger partial charge in [-0.25, -0.2) is 4.98 Å². The molecule has 0 fully saturated rings. The van der Waals surface area contributed by atoms with E-state index >= 15 is 0 Å². The first-order chi connectivity index (χ1) is 9.75. The normalized spacial score (nSPS) is 17.9. The fraction of sp³-hybridized carbons (Fsp3) is 0.438. The molecule has 0 radical (unpaired) electrons. The van der Waals surface area contributed by atoms with Crippen molar-refractivity contribution in [1.82, 2.24) is 14.9 Å². The minimum absolute atomic E-state index is 0.357. The Labute approximate surface area is 119 Å². The average molecular weight is 271 g/mol. The van der Waals surface area contributed by atoms with Gasteiger partial charge in [0.15, 0.2) is 0 Å². The van der Waals surface area contributed by atoms with E-state index in [4.69, 9.17) is 4.74 Å². The third-order valence-electron chi connectivity index (χ3n) is 3.79. The molecule has 3 rings (SSSR count). The minimum atomic E-state index is 0.357. The summed E-state index contributed by atoms with van der Waals surface area (Å²) in [5.41, 5.74) is 2.48. The summed E-state index contributed by atoms with van der Waals surface area (Å²) >= 11 is 0. The highest BCUT2D eigenvalue weighted by atomic mass is 16.5. The maximum absolute atomic E-state index is 5.70. The molecule has 0 spiro atoms. The highest BCUT2D eigenvalue weighted by Gasteiger charge is 2.20. The molecule has 1 atom stereocenters. The van der Waals surface area contributed by atoms with Crippen LogP contribution in [0.5, 0.6) is 5.75 Å². The van der Waals surface area contributed by atoms with Gasteiger partial charge in [-0.2, -0.15) is 0 Å². The molecule has 4 nitrogen and oxygen atoms in total. The molecule has 0 saturated carbocycles. The second-order valence-corrected chi connectivity index (χ2v) is 5.49. The van der Waals surface area contributed by atoms with Crippen LogP contribution in [0.4, 0.5) is 0 Å². The highest BCUT2D eigenvalue weighted by molar-refractivity contribution is 5.37. The van der Waals surface area contributed by atoms with Crippen molar-refractivity contribution in [2.45, 2.75) is 38.9 Å². The molecule has 1 unspecified atom stereocenters. The Morgan fingerprint density at radius 3 is 3.10 bits per heavy atom. The fourth-order valence-electron chi connectivity index (χ4n) is 2.72. The van der Waals surface area contributed by atoms with Gasteiger partial charge in [0.05, 0.1) is 18.6 Å². The first kappa shape index (κ1) is 13.2. The molecular weight excluding hydrogens is 250 g/mol. The van der Waals surface area contributed by atoms with Gasteiger partial charge in [0.25, 0.3) is 0 Å². The van der Waals surface area contributed by atoms with Gasteiger partial charge in [0.1, 0.15) is 5.75 Å². The molecule has 2 aromatic rings. The van der Waals surface area contributed by atoms with Crippen LogP contribution in [-0.2, 0) is 6.54 Å². The quantitative estimate of drug-likeness (QED) is 0.929. The van der Waals surface area contributed by atoms with E-state index in [9.17, 15) is 0 Å². The topological polar surface area (TPSA) is 39.1 Å². The van der Waals surface area contributed by atoms with Crippen molar-refractivity contribution in [2.75, 3.05) is 6.61 Å². The first-order valence-electron chi connectivity index (χ1n) is 7.21. The van der Waals surface area contributed by atoms with E-state index in [2.05, 4.69) is 40.8 Å². The summed E-state index contributed by atoms with van der Waals surface area (Å²) in [5, 5.41) is 3.63. The van der Waals surface area contributed by atoms with Gasteiger partial charge in [-0.05, 0) is 19.9 Å². The molecule has 2 heterocycles. The second-order valence-electron chi connectivity index (χ2n) is 5.49. The minimum Gasteiger partial charge on any atom is -0.493 e. The van der Waals surface area contributed by atoms with Gasteiger partial charge < -0.3 is 14.6 Å². The Balaban J connectivity index is 1.72. The number of benzene rings is 1. The molecule has 106 valence electrons. The van der Waals surface area contributed by atoms with E-state index in [1.165, 1.54) is 11.3 Å². The van der Waals surface area contributed by atoms with Gasteiger partial charge >= 0.3 is 0 Å². The van der Waals surface area contributed by atoms with E-state index in [1.54, 1.807) is 0 Å². The molecule has 1 aliphatic rings. The number of nitrogens with one attached hydrogen (secondary N) is 1. The molecular formula is C16H21N3O. The van der Waals surface area contributed by atoms with E-state index in [0.29, 0.717) is 12.1 Å². The number of ether oxygens (including phenoxy) is 1. The van der Waals surface area contributed by atoms with Crippen molar-refractivity contribution in [3.05, 3.63) is 48.0 Å². The summed E-state index contributed by atoms with van der Waals surface area (Å²) in [5.74, 6) is 1.01. The predicted octanol–water partition coefficient (Wildman–Crippen LogP) is 3.08. The van der Waals surface area contributed by atoms with E-state index in [-0.39, 0.29) is 0 Å². The van der Waals surface area contributed by atoms with E-state index in [0.717, 1.165) is 25.3 Å². The lowest BCUT2D eigenvalue weighted by Crippen LogP contribution is -2.27. The number of para-hydroxylation sites is 1. The Morgan fingerprint density at radius 1 is 1.40 bits per heavy atom. The summed E-state index contributed by atoms with van der Waals surface area (Å²) in [6.07, 6.45) is 4.85. The molecule has 0 saturated heterocycles. The summed E-state index contributed by atoms with van der Waals surface area (Å²) in [4.78, 5) is 4.25. The van der Waals surface area contributed by atoms with Crippen LogP contribution < -0.4 is 10.1 Å². The third kappa shape index (κ3) is 2.56. The van der Waals surface area contributed by atoms with Crippen molar-refractivity contribution < 1.29 is 4.74 Å². The van der Waals surface area contributed by atoms with Crippen LogP contribution in [0.1, 0.15) is 43.6 Å². The van der Waals surface area contributed by atoms with Crippen molar-refractivity contribution >= 4 is 0 Å². The van der Waals surface area contributed by atoms with Crippen LogP contribution in [0, 0.1) is 0 Å². The van der Waals surface area contributed by atoms with Gasteiger partial charge in [0, 0.05) is 36.8 Å². The molecule has 1 N–H and O–H groups in total. The van der Waals surface area contributed by atoms with E-state index in [1.807, 2.05) is 24.7 Å². The monoisotopic (exact) mass is 271 g/mol. The molecule has 1 aromatic heterocycles. The Hall–Kier alpha value is -1.81. The van der Waals surface area contributed by atoms with Gasteiger partial charge in [-0.15, -0.1) is 0 Å². The number of rotatable bonds is 4. The maximum Gasteiger partial charge on any atom is 0.124 e. The SMILES string of the molecule is CC(C)n1cncc1CNC1CCOc2ccccc21. The molecule has 20 heavy (non-hydrogen) atoms. The average Bonchev–Trinajstić information content (AvgIpc) is 2.93. The molecule has 0 amide bonds. The number of imidazole rings is 1. The summed E-state index contributed by atoms with van der Waals surface area (Å²) in [6, 6.07) is 9.08. The van der Waals surface area contributed by atoms with Gasteiger partial charge in [0.2, 0.25) is 0 Å². The smallest absolute Gasteiger partial charge is 0.124 e. The number of hydrogen-bond acceptors (Lipinski definition) is 3. The van der Waals surface area contributed by atoms with Crippen LogP contribution in [0.15, 0.2) is 36.8 Å². The Morgan fingerprint density at radius 2 is 2.25 bits per heavy atom. The lowest BCUT2D eigenvalue weighted by molar-refractivity contribution is 0.251. The lowest BCUT2D eigenvalue weighted by Gasteiger charge is -2.27. The Bertz CT molecular complexity index is 577. The number of hydrogen-bond donors (Lipinski definition) is 1.